The molecule has 114 valence electrons. The predicted octanol–water partition coefficient (Wildman–Crippen LogP) is 2.32. The molecule has 2 heterocycles. The van der Waals surface area contributed by atoms with Crippen molar-refractivity contribution in [3.05, 3.63) is 45.8 Å². The third kappa shape index (κ3) is 3.64. The van der Waals surface area contributed by atoms with E-state index >= 15 is 0 Å². The van der Waals surface area contributed by atoms with Crippen molar-refractivity contribution in [1.29, 1.82) is 0 Å². The highest BCUT2D eigenvalue weighted by molar-refractivity contribution is 5.85. The number of hydrogen-bond acceptors (Lipinski definition) is 4. The first-order valence-corrected chi connectivity index (χ1v) is 7.11. The molecule has 5 heteroatoms. The van der Waals surface area contributed by atoms with E-state index < -0.39 is 0 Å². The van der Waals surface area contributed by atoms with Crippen LogP contribution in [0.15, 0.2) is 33.5 Å². The molecule has 0 aliphatic carbocycles. The zero-order valence-corrected chi connectivity index (χ0v) is 13.2. The van der Waals surface area contributed by atoms with Crippen molar-refractivity contribution in [1.82, 2.24) is 10.2 Å². The summed E-state index contributed by atoms with van der Waals surface area (Å²) in [6, 6.07) is 8.17. The molecule has 21 heavy (non-hydrogen) atoms. The summed E-state index contributed by atoms with van der Waals surface area (Å²) in [6.07, 6.45) is 0. The normalized spacial score (nSPS) is 19.4. The van der Waals surface area contributed by atoms with E-state index in [-0.39, 0.29) is 18.0 Å². The largest absolute Gasteiger partial charge is 0.423 e. The molecular formula is C16H21ClN2O2. The molecule has 2 aromatic rings. The Morgan fingerprint density at radius 2 is 2.19 bits per heavy atom. The van der Waals surface area contributed by atoms with E-state index in [1.54, 1.807) is 6.07 Å². The van der Waals surface area contributed by atoms with Crippen LogP contribution in [0.4, 0.5) is 0 Å². The van der Waals surface area contributed by atoms with Gasteiger partial charge in [-0.3, -0.25) is 4.90 Å². The monoisotopic (exact) mass is 308 g/mol. The molecule has 0 saturated carbocycles. The summed E-state index contributed by atoms with van der Waals surface area (Å²) in [7, 11) is 0. The van der Waals surface area contributed by atoms with Crippen molar-refractivity contribution in [3.8, 4) is 0 Å². The van der Waals surface area contributed by atoms with E-state index in [1.165, 1.54) is 0 Å². The van der Waals surface area contributed by atoms with Gasteiger partial charge in [-0.25, -0.2) is 4.79 Å². The summed E-state index contributed by atoms with van der Waals surface area (Å²) in [5.74, 6) is 0. The predicted molar refractivity (Wildman–Crippen MR) is 87.2 cm³/mol. The van der Waals surface area contributed by atoms with Gasteiger partial charge in [-0.1, -0.05) is 12.1 Å². The van der Waals surface area contributed by atoms with Crippen LogP contribution in [0.2, 0.25) is 0 Å². The molecule has 1 saturated heterocycles. The number of aryl methyl sites for hydroxylation is 1. The van der Waals surface area contributed by atoms with Crippen molar-refractivity contribution < 1.29 is 4.42 Å². The fourth-order valence-electron chi connectivity index (χ4n) is 2.86. The van der Waals surface area contributed by atoms with Crippen LogP contribution in [0.25, 0.3) is 11.0 Å². The van der Waals surface area contributed by atoms with Crippen LogP contribution in [0.3, 0.4) is 0 Å². The maximum Gasteiger partial charge on any atom is 0.336 e. The lowest BCUT2D eigenvalue weighted by molar-refractivity contribution is 0.200. The van der Waals surface area contributed by atoms with Crippen LogP contribution >= 0.6 is 12.4 Å². The van der Waals surface area contributed by atoms with E-state index in [9.17, 15) is 4.79 Å². The second-order valence-corrected chi connectivity index (χ2v) is 5.68. The van der Waals surface area contributed by atoms with Crippen molar-refractivity contribution in [3.63, 3.8) is 0 Å². The van der Waals surface area contributed by atoms with Gasteiger partial charge >= 0.3 is 5.63 Å². The Hall–Kier alpha value is -1.36. The van der Waals surface area contributed by atoms with E-state index in [0.29, 0.717) is 11.6 Å². The van der Waals surface area contributed by atoms with Gasteiger partial charge in [0.15, 0.2) is 0 Å². The Labute approximate surface area is 130 Å². The molecule has 1 fully saturated rings. The molecule has 4 nitrogen and oxygen atoms in total. The number of benzene rings is 1. The molecule has 1 aromatic heterocycles. The summed E-state index contributed by atoms with van der Waals surface area (Å²) in [5, 5.41) is 4.47. The Kier molecular flexibility index (Phi) is 5.04. The molecule has 0 spiro atoms. The Bertz CT molecular complexity index is 684. The first-order valence-electron chi connectivity index (χ1n) is 7.11. The van der Waals surface area contributed by atoms with Crippen molar-refractivity contribution in [2.45, 2.75) is 26.4 Å². The zero-order chi connectivity index (χ0) is 14.1. The SMILES string of the molecule is Cc1ccc2c(CN3CCNC(C)C3)cc(=O)oc2c1.Cl. The number of rotatable bonds is 2. The van der Waals surface area contributed by atoms with Crippen LogP contribution in [-0.2, 0) is 6.54 Å². The molecule has 1 unspecified atom stereocenters. The molecule has 1 aromatic carbocycles. The molecule has 0 radical (unpaired) electrons. The third-order valence-corrected chi connectivity index (χ3v) is 3.83. The van der Waals surface area contributed by atoms with Gasteiger partial charge in [0.25, 0.3) is 0 Å². The van der Waals surface area contributed by atoms with Gasteiger partial charge in [-0.15, -0.1) is 12.4 Å². The summed E-state index contributed by atoms with van der Waals surface area (Å²) in [4.78, 5) is 14.1. The Morgan fingerprint density at radius 3 is 2.95 bits per heavy atom. The standard InChI is InChI=1S/C16H20N2O2.ClH/c1-11-3-4-14-13(8-16(19)20-15(14)7-11)10-18-6-5-17-12(2)9-18;/h3-4,7-8,12,17H,5-6,9-10H2,1-2H3;1H. The first kappa shape index (κ1) is 16.0. The quantitative estimate of drug-likeness (QED) is 0.865. The van der Waals surface area contributed by atoms with Crippen LogP contribution in [-0.4, -0.2) is 30.6 Å². The highest BCUT2D eigenvalue weighted by Gasteiger charge is 2.17. The molecular weight excluding hydrogens is 288 g/mol. The van der Waals surface area contributed by atoms with E-state index in [2.05, 4.69) is 29.3 Å². The van der Waals surface area contributed by atoms with E-state index in [1.807, 2.05) is 13.0 Å². The van der Waals surface area contributed by atoms with Crippen LogP contribution in [0.5, 0.6) is 0 Å². The maximum atomic E-state index is 11.7. The highest BCUT2D eigenvalue weighted by Crippen LogP contribution is 2.20. The number of fused-ring (bicyclic) bond motifs is 1. The number of nitrogens with one attached hydrogen (secondary N) is 1. The summed E-state index contributed by atoms with van der Waals surface area (Å²) < 4.78 is 5.31. The van der Waals surface area contributed by atoms with Crippen LogP contribution < -0.4 is 10.9 Å². The Balaban J connectivity index is 0.00000161. The molecule has 3 rings (SSSR count). The lowest BCUT2D eigenvalue weighted by Gasteiger charge is -2.31. The molecule has 0 amide bonds. The number of piperazine rings is 1. The lowest BCUT2D eigenvalue weighted by Crippen LogP contribution is -2.48. The van der Waals surface area contributed by atoms with Crippen LogP contribution in [0.1, 0.15) is 18.1 Å². The molecule has 1 aliphatic rings. The summed E-state index contributed by atoms with van der Waals surface area (Å²) in [6.45, 7) is 8.01. The smallest absolute Gasteiger partial charge is 0.336 e. The van der Waals surface area contributed by atoms with Gasteiger partial charge in [-0.05, 0) is 31.0 Å². The molecule has 1 aliphatic heterocycles. The van der Waals surface area contributed by atoms with Gasteiger partial charge in [-0.2, -0.15) is 0 Å². The van der Waals surface area contributed by atoms with Crippen molar-refractivity contribution >= 4 is 23.4 Å². The lowest BCUT2D eigenvalue weighted by atomic mass is 10.1. The maximum absolute atomic E-state index is 11.7. The fourth-order valence-corrected chi connectivity index (χ4v) is 2.86. The van der Waals surface area contributed by atoms with Crippen molar-refractivity contribution in [2.24, 2.45) is 0 Å². The average Bonchev–Trinajstić information content (AvgIpc) is 2.37. The number of hydrogen-bond donors (Lipinski definition) is 1. The van der Waals surface area contributed by atoms with Gasteiger partial charge in [0.2, 0.25) is 0 Å². The van der Waals surface area contributed by atoms with Gasteiger partial charge in [0.1, 0.15) is 5.58 Å². The summed E-state index contributed by atoms with van der Waals surface area (Å²) >= 11 is 0. The second-order valence-electron chi connectivity index (χ2n) is 5.68. The van der Waals surface area contributed by atoms with Crippen LogP contribution in [0, 0.1) is 6.92 Å². The van der Waals surface area contributed by atoms with Crippen molar-refractivity contribution in [2.75, 3.05) is 19.6 Å². The molecule has 1 N–H and O–H groups in total. The highest BCUT2D eigenvalue weighted by atomic mass is 35.5. The Morgan fingerprint density at radius 1 is 1.38 bits per heavy atom. The first-order chi connectivity index (χ1) is 9.61. The van der Waals surface area contributed by atoms with E-state index in [4.69, 9.17) is 4.42 Å². The fraction of sp³-hybridized carbons (Fsp3) is 0.438. The molecule has 1 atom stereocenters. The average molecular weight is 309 g/mol. The van der Waals surface area contributed by atoms with Gasteiger partial charge in [0.05, 0.1) is 0 Å². The van der Waals surface area contributed by atoms with E-state index in [0.717, 1.165) is 42.7 Å². The third-order valence-electron chi connectivity index (χ3n) is 3.83. The number of halogens is 1. The second kappa shape index (κ2) is 6.60. The zero-order valence-electron chi connectivity index (χ0n) is 12.4. The minimum Gasteiger partial charge on any atom is -0.423 e. The minimum absolute atomic E-state index is 0. The molecule has 0 bridgehead atoms. The number of nitrogens with zero attached hydrogens (tertiary/aromatic N) is 1. The topological polar surface area (TPSA) is 45.5 Å². The minimum atomic E-state index is -0.263. The van der Waals surface area contributed by atoms with Gasteiger partial charge in [0, 0.05) is 43.7 Å². The summed E-state index contributed by atoms with van der Waals surface area (Å²) in [5.41, 5.74) is 2.59. The van der Waals surface area contributed by atoms with Gasteiger partial charge < -0.3 is 9.73 Å².